The molecule has 4 rings (SSSR count). The monoisotopic (exact) mass is 416 g/mol. The molecule has 1 N–H and O–H groups in total. The average Bonchev–Trinajstić information content (AvgIpc) is 2.76. The Morgan fingerprint density at radius 2 is 1.77 bits per heavy atom. The molecule has 0 spiro atoms. The van der Waals surface area contributed by atoms with Crippen LogP contribution in [0.3, 0.4) is 0 Å². The van der Waals surface area contributed by atoms with Gasteiger partial charge in [0, 0.05) is 28.3 Å². The second-order valence-corrected chi connectivity index (χ2v) is 8.37. The molecule has 1 aromatic heterocycles. The summed E-state index contributed by atoms with van der Waals surface area (Å²) in [6.07, 6.45) is 3.01. The third kappa shape index (κ3) is 4.94. The van der Waals surface area contributed by atoms with Gasteiger partial charge in [-0.15, -0.1) is 0 Å². The number of rotatable bonds is 5. The number of aryl methyl sites for hydroxylation is 3. The van der Waals surface area contributed by atoms with Crippen molar-refractivity contribution in [3.63, 3.8) is 0 Å². The molecule has 0 saturated carbocycles. The molecule has 1 aliphatic carbocycles. The lowest BCUT2D eigenvalue weighted by atomic mass is 9.90. The van der Waals surface area contributed by atoms with Gasteiger partial charge < -0.3 is 0 Å². The number of thioether (sulfide) groups is 1. The number of fused-ring (bicyclic) bond motifs is 1. The minimum atomic E-state index is -0.192. The van der Waals surface area contributed by atoms with E-state index < -0.39 is 0 Å². The van der Waals surface area contributed by atoms with Gasteiger partial charge in [-0.2, -0.15) is 5.10 Å². The molecule has 3 aromatic rings. The molecule has 0 fully saturated rings. The van der Waals surface area contributed by atoms with Crippen molar-refractivity contribution in [2.24, 2.45) is 5.10 Å². The van der Waals surface area contributed by atoms with Crippen molar-refractivity contribution < 1.29 is 4.79 Å². The van der Waals surface area contributed by atoms with Crippen molar-refractivity contribution in [3.05, 3.63) is 88.2 Å². The Morgan fingerprint density at radius 3 is 2.53 bits per heavy atom. The Labute approximate surface area is 181 Å². The first-order valence-electron chi connectivity index (χ1n) is 10.1. The number of nitrogens with zero attached hydrogens (tertiary/aromatic N) is 3. The molecule has 0 aliphatic heterocycles. The number of carbonyl (C=O) groups is 1. The third-order valence-electron chi connectivity index (χ3n) is 5.03. The lowest BCUT2D eigenvalue weighted by Gasteiger charge is -2.17. The summed E-state index contributed by atoms with van der Waals surface area (Å²) < 4.78 is 0. The molecular weight excluding hydrogens is 392 g/mol. The van der Waals surface area contributed by atoms with E-state index in [4.69, 9.17) is 0 Å². The highest BCUT2D eigenvalue weighted by Gasteiger charge is 2.15. The van der Waals surface area contributed by atoms with E-state index in [2.05, 4.69) is 32.6 Å². The van der Waals surface area contributed by atoms with Gasteiger partial charge in [0.2, 0.25) is 0 Å². The number of aromatic nitrogens is 2. The standard InChI is InChI=1S/C24H24N4OS/c1-16-14-17(2)26-24(25-16)30-15-18-10-12-20(13-11-18)23(29)28-27-22-9-5-7-19-6-3-4-8-21(19)22/h3-4,6,8,10-14H,5,7,9,15H2,1-2H3,(H,28,29)/b27-22-. The lowest BCUT2D eigenvalue weighted by molar-refractivity contribution is 0.0954. The largest absolute Gasteiger partial charge is 0.271 e. The molecule has 1 aliphatic rings. The number of carbonyl (C=O) groups excluding carboxylic acids is 1. The first kappa shape index (κ1) is 20.3. The number of benzene rings is 2. The van der Waals surface area contributed by atoms with Gasteiger partial charge in [-0.05, 0) is 62.4 Å². The fourth-order valence-corrected chi connectivity index (χ4v) is 4.46. The van der Waals surface area contributed by atoms with E-state index in [0.717, 1.165) is 58.4 Å². The number of hydrogen-bond donors (Lipinski definition) is 1. The Bertz CT molecular complexity index is 1070. The smallest absolute Gasteiger partial charge is 0.267 e. The normalized spacial score (nSPS) is 14.4. The van der Waals surface area contributed by atoms with E-state index in [9.17, 15) is 4.79 Å². The molecule has 30 heavy (non-hydrogen) atoms. The average molecular weight is 417 g/mol. The van der Waals surface area contributed by atoms with E-state index >= 15 is 0 Å². The van der Waals surface area contributed by atoms with Gasteiger partial charge in [0.25, 0.3) is 5.91 Å². The van der Waals surface area contributed by atoms with Gasteiger partial charge in [-0.25, -0.2) is 15.4 Å². The number of hydrogen-bond acceptors (Lipinski definition) is 5. The zero-order valence-corrected chi connectivity index (χ0v) is 18.0. The lowest BCUT2D eigenvalue weighted by Crippen LogP contribution is -2.22. The quantitative estimate of drug-likeness (QED) is 0.367. The fraction of sp³-hybridized carbons (Fsp3) is 0.250. The van der Waals surface area contributed by atoms with Crippen LogP contribution in [-0.4, -0.2) is 21.6 Å². The molecule has 0 bridgehead atoms. The zero-order chi connectivity index (χ0) is 20.9. The summed E-state index contributed by atoms with van der Waals surface area (Å²) >= 11 is 1.59. The maximum Gasteiger partial charge on any atom is 0.271 e. The summed E-state index contributed by atoms with van der Waals surface area (Å²) in [6, 6.07) is 17.8. The van der Waals surface area contributed by atoms with Crippen LogP contribution in [0.15, 0.2) is 64.9 Å². The SMILES string of the molecule is Cc1cc(C)nc(SCc2ccc(C(=O)N/N=C3/CCCc4ccccc43)cc2)n1. The minimum Gasteiger partial charge on any atom is -0.267 e. The van der Waals surface area contributed by atoms with Crippen molar-refractivity contribution in [3.8, 4) is 0 Å². The molecule has 0 radical (unpaired) electrons. The highest BCUT2D eigenvalue weighted by atomic mass is 32.2. The Balaban J connectivity index is 1.38. The van der Waals surface area contributed by atoms with Crippen molar-refractivity contribution in [1.29, 1.82) is 0 Å². The van der Waals surface area contributed by atoms with Crippen LogP contribution in [0.4, 0.5) is 0 Å². The summed E-state index contributed by atoms with van der Waals surface area (Å²) in [5.41, 5.74) is 9.77. The van der Waals surface area contributed by atoms with Gasteiger partial charge >= 0.3 is 0 Å². The molecule has 2 aromatic carbocycles. The van der Waals surface area contributed by atoms with E-state index in [-0.39, 0.29) is 5.91 Å². The predicted molar refractivity (Wildman–Crippen MR) is 121 cm³/mol. The van der Waals surface area contributed by atoms with Gasteiger partial charge in [0.1, 0.15) is 0 Å². The molecule has 5 nitrogen and oxygen atoms in total. The third-order valence-corrected chi connectivity index (χ3v) is 5.94. The predicted octanol–water partition coefficient (Wildman–Crippen LogP) is 4.86. The second-order valence-electron chi connectivity index (χ2n) is 7.43. The summed E-state index contributed by atoms with van der Waals surface area (Å²) in [4.78, 5) is 21.4. The Morgan fingerprint density at radius 1 is 1.03 bits per heavy atom. The zero-order valence-electron chi connectivity index (χ0n) is 17.2. The molecule has 6 heteroatoms. The molecule has 1 amide bonds. The van der Waals surface area contributed by atoms with Crippen LogP contribution in [0, 0.1) is 13.8 Å². The maximum atomic E-state index is 12.5. The van der Waals surface area contributed by atoms with Gasteiger partial charge in [0.05, 0.1) is 5.71 Å². The summed E-state index contributed by atoms with van der Waals surface area (Å²) in [5.74, 6) is 0.562. The number of nitrogens with one attached hydrogen (secondary N) is 1. The molecule has 0 atom stereocenters. The van der Waals surface area contributed by atoms with E-state index in [0.29, 0.717) is 5.56 Å². The van der Waals surface area contributed by atoms with E-state index in [1.54, 1.807) is 11.8 Å². The van der Waals surface area contributed by atoms with Gasteiger partial charge in [-0.1, -0.05) is 48.2 Å². The van der Waals surface area contributed by atoms with Crippen LogP contribution >= 0.6 is 11.8 Å². The van der Waals surface area contributed by atoms with Crippen molar-refractivity contribution in [1.82, 2.24) is 15.4 Å². The van der Waals surface area contributed by atoms with Crippen LogP contribution in [0.25, 0.3) is 0 Å². The van der Waals surface area contributed by atoms with Crippen LogP contribution in [0.1, 0.15) is 51.3 Å². The van der Waals surface area contributed by atoms with Crippen LogP contribution in [-0.2, 0) is 12.2 Å². The number of amides is 1. The minimum absolute atomic E-state index is 0.192. The summed E-state index contributed by atoms with van der Waals surface area (Å²) in [5, 5.41) is 5.19. The van der Waals surface area contributed by atoms with Crippen molar-refractivity contribution >= 4 is 23.4 Å². The Hall–Kier alpha value is -2.99. The molecule has 0 unspecified atom stereocenters. The first-order chi connectivity index (χ1) is 14.6. The topological polar surface area (TPSA) is 67.2 Å². The van der Waals surface area contributed by atoms with Gasteiger partial charge in [-0.3, -0.25) is 4.79 Å². The molecule has 152 valence electrons. The highest BCUT2D eigenvalue weighted by molar-refractivity contribution is 7.98. The van der Waals surface area contributed by atoms with Crippen LogP contribution < -0.4 is 5.43 Å². The molecule has 0 saturated heterocycles. The Kier molecular flexibility index (Phi) is 6.23. The number of hydrazone groups is 1. The van der Waals surface area contributed by atoms with Crippen LogP contribution in [0.5, 0.6) is 0 Å². The molecular formula is C24H24N4OS. The van der Waals surface area contributed by atoms with Gasteiger partial charge in [0.15, 0.2) is 5.16 Å². The van der Waals surface area contributed by atoms with E-state index in [1.807, 2.05) is 56.3 Å². The fourth-order valence-electron chi connectivity index (χ4n) is 3.56. The molecule has 1 heterocycles. The van der Waals surface area contributed by atoms with E-state index in [1.165, 1.54) is 5.56 Å². The summed E-state index contributed by atoms with van der Waals surface area (Å²) in [7, 11) is 0. The highest BCUT2D eigenvalue weighted by Crippen LogP contribution is 2.22. The first-order valence-corrected chi connectivity index (χ1v) is 11.1. The second kappa shape index (κ2) is 9.22. The maximum absolute atomic E-state index is 12.5. The van der Waals surface area contributed by atoms with Crippen molar-refractivity contribution in [2.45, 2.75) is 44.0 Å². The summed E-state index contributed by atoms with van der Waals surface area (Å²) in [6.45, 7) is 3.95. The van der Waals surface area contributed by atoms with Crippen LogP contribution in [0.2, 0.25) is 0 Å². The van der Waals surface area contributed by atoms with Crippen molar-refractivity contribution in [2.75, 3.05) is 0 Å².